The second-order valence-electron chi connectivity index (χ2n) is 6.05. The van der Waals surface area contributed by atoms with E-state index in [9.17, 15) is 13.2 Å². The van der Waals surface area contributed by atoms with Crippen LogP contribution in [0.15, 0.2) is 24.3 Å². The van der Waals surface area contributed by atoms with Crippen LogP contribution in [0.25, 0.3) is 0 Å². The van der Waals surface area contributed by atoms with Crippen LogP contribution in [-0.4, -0.2) is 53.0 Å². The Morgan fingerprint density at radius 3 is 2.32 bits per heavy atom. The predicted molar refractivity (Wildman–Crippen MR) is 98.5 cm³/mol. The minimum absolute atomic E-state index is 0.183. The number of ether oxygens (including phenoxy) is 2. The van der Waals surface area contributed by atoms with Crippen LogP contribution in [0.2, 0.25) is 0 Å². The van der Waals surface area contributed by atoms with Crippen molar-refractivity contribution in [1.29, 1.82) is 0 Å². The highest BCUT2D eigenvalue weighted by molar-refractivity contribution is 7.92. The zero-order valence-corrected chi connectivity index (χ0v) is 16.3. The number of benzene rings is 1. The predicted octanol–water partition coefficient (Wildman–Crippen LogP) is 1.78. The van der Waals surface area contributed by atoms with Crippen molar-refractivity contribution in [2.45, 2.75) is 39.4 Å². The number of carbonyl (C=O) groups excluding carboxylic acids is 1. The topological polar surface area (TPSA) is 84.9 Å². The molecule has 0 saturated heterocycles. The molecule has 0 saturated carbocycles. The smallest absolute Gasteiger partial charge is 0.260 e. The van der Waals surface area contributed by atoms with Gasteiger partial charge in [-0.25, -0.2) is 8.42 Å². The molecule has 0 heterocycles. The summed E-state index contributed by atoms with van der Waals surface area (Å²) >= 11 is 0. The molecule has 0 unspecified atom stereocenters. The lowest BCUT2D eigenvalue weighted by atomic mass is 10.3. The number of nitrogens with one attached hydrogen (secondary N) is 1. The zero-order valence-electron chi connectivity index (χ0n) is 15.5. The van der Waals surface area contributed by atoms with Crippen LogP contribution >= 0.6 is 0 Å². The average Bonchev–Trinajstić information content (AvgIpc) is 2.53. The number of hydrogen-bond donors (Lipinski definition) is 1. The number of sulfonamides is 1. The van der Waals surface area contributed by atoms with E-state index in [-0.39, 0.29) is 12.0 Å². The van der Waals surface area contributed by atoms with Crippen molar-refractivity contribution < 1.29 is 22.7 Å². The largest absolute Gasteiger partial charge is 0.481 e. The summed E-state index contributed by atoms with van der Waals surface area (Å²) in [6.07, 6.45) is 1.41. The average molecular weight is 372 g/mol. The molecule has 1 N–H and O–H groups in total. The number of rotatable bonds is 10. The SMILES string of the molecule is CC(C)OCCCNC(=O)[C@@H](C)Oc1ccc(N(C)S(C)(=O)=O)cc1. The summed E-state index contributed by atoms with van der Waals surface area (Å²) in [7, 11) is -1.83. The number of nitrogens with zero attached hydrogens (tertiary/aromatic N) is 1. The van der Waals surface area contributed by atoms with Crippen LogP contribution in [0.4, 0.5) is 5.69 Å². The van der Waals surface area contributed by atoms with Crippen LogP contribution in [0.1, 0.15) is 27.2 Å². The first-order chi connectivity index (χ1) is 11.6. The van der Waals surface area contributed by atoms with Gasteiger partial charge in [-0.2, -0.15) is 0 Å². The van der Waals surface area contributed by atoms with Crippen molar-refractivity contribution in [3.05, 3.63) is 24.3 Å². The monoisotopic (exact) mass is 372 g/mol. The van der Waals surface area contributed by atoms with Gasteiger partial charge in [-0.15, -0.1) is 0 Å². The number of amides is 1. The molecular weight excluding hydrogens is 344 g/mol. The Morgan fingerprint density at radius 1 is 1.20 bits per heavy atom. The molecule has 1 aromatic rings. The van der Waals surface area contributed by atoms with E-state index >= 15 is 0 Å². The number of anilines is 1. The molecule has 0 bridgehead atoms. The third-order valence-electron chi connectivity index (χ3n) is 3.45. The van der Waals surface area contributed by atoms with Gasteiger partial charge in [0.15, 0.2) is 6.10 Å². The second kappa shape index (κ2) is 9.62. The molecule has 7 nitrogen and oxygen atoms in total. The van der Waals surface area contributed by atoms with E-state index in [4.69, 9.17) is 9.47 Å². The third-order valence-corrected chi connectivity index (χ3v) is 4.66. The maximum absolute atomic E-state index is 12.0. The van der Waals surface area contributed by atoms with E-state index in [1.165, 1.54) is 11.4 Å². The lowest BCUT2D eigenvalue weighted by Crippen LogP contribution is -2.37. The van der Waals surface area contributed by atoms with Gasteiger partial charge < -0.3 is 14.8 Å². The molecule has 0 fully saturated rings. The quantitative estimate of drug-likeness (QED) is 0.633. The van der Waals surface area contributed by atoms with E-state index in [0.717, 1.165) is 12.7 Å². The summed E-state index contributed by atoms with van der Waals surface area (Å²) in [5, 5.41) is 2.79. The van der Waals surface area contributed by atoms with E-state index in [2.05, 4.69) is 5.32 Å². The summed E-state index contributed by atoms with van der Waals surface area (Å²) in [6, 6.07) is 6.53. The van der Waals surface area contributed by atoms with Gasteiger partial charge in [-0.3, -0.25) is 9.10 Å². The maximum Gasteiger partial charge on any atom is 0.260 e. The first-order valence-electron chi connectivity index (χ1n) is 8.21. The van der Waals surface area contributed by atoms with Crippen molar-refractivity contribution in [2.24, 2.45) is 0 Å². The molecule has 142 valence electrons. The highest BCUT2D eigenvalue weighted by atomic mass is 32.2. The molecule has 0 spiro atoms. The van der Waals surface area contributed by atoms with Gasteiger partial charge >= 0.3 is 0 Å². The second-order valence-corrected chi connectivity index (χ2v) is 8.06. The summed E-state index contributed by atoms with van der Waals surface area (Å²) in [5.74, 6) is 0.290. The summed E-state index contributed by atoms with van der Waals surface area (Å²) in [6.45, 7) is 6.72. The van der Waals surface area contributed by atoms with Crippen LogP contribution in [0.3, 0.4) is 0 Å². The molecule has 0 aliphatic carbocycles. The Bertz CT molecular complexity index is 644. The highest BCUT2D eigenvalue weighted by Crippen LogP contribution is 2.21. The van der Waals surface area contributed by atoms with E-state index < -0.39 is 16.1 Å². The normalized spacial score (nSPS) is 12.7. The number of hydrogen-bond acceptors (Lipinski definition) is 5. The van der Waals surface area contributed by atoms with Crippen molar-refractivity contribution in [1.82, 2.24) is 5.32 Å². The molecule has 0 aliphatic rings. The minimum Gasteiger partial charge on any atom is -0.481 e. The van der Waals surface area contributed by atoms with Gasteiger partial charge in [0, 0.05) is 20.2 Å². The van der Waals surface area contributed by atoms with Crippen molar-refractivity contribution in [2.75, 3.05) is 30.8 Å². The fraction of sp³-hybridized carbons (Fsp3) is 0.588. The van der Waals surface area contributed by atoms with Gasteiger partial charge in [0.2, 0.25) is 10.0 Å². The van der Waals surface area contributed by atoms with Gasteiger partial charge in [0.05, 0.1) is 18.0 Å². The zero-order chi connectivity index (χ0) is 19.0. The molecule has 1 atom stereocenters. The van der Waals surface area contributed by atoms with Gasteiger partial charge in [0.25, 0.3) is 5.91 Å². The van der Waals surface area contributed by atoms with E-state index in [1.54, 1.807) is 31.2 Å². The highest BCUT2D eigenvalue weighted by Gasteiger charge is 2.15. The fourth-order valence-electron chi connectivity index (χ4n) is 1.93. The van der Waals surface area contributed by atoms with Crippen molar-refractivity contribution in [3.63, 3.8) is 0 Å². The Balaban J connectivity index is 2.46. The lowest BCUT2D eigenvalue weighted by Gasteiger charge is -2.18. The van der Waals surface area contributed by atoms with Crippen LogP contribution in [0, 0.1) is 0 Å². The van der Waals surface area contributed by atoms with Crippen LogP contribution < -0.4 is 14.4 Å². The van der Waals surface area contributed by atoms with Crippen LogP contribution in [-0.2, 0) is 19.6 Å². The molecule has 0 radical (unpaired) electrons. The van der Waals surface area contributed by atoms with Crippen molar-refractivity contribution in [3.8, 4) is 5.75 Å². The summed E-state index contributed by atoms with van der Waals surface area (Å²) < 4.78 is 35.2. The first-order valence-corrected chi connectivity index (χ1v) is 10.1. The van der Waals surface area contributed by atoms with Gasteiger partial charge in [-0.05, 0) is 51.5 Å². The molecule has 1 amide bonds. The van der Waals surface area contributed by atoms with Crippen LogP contribution in [0.5, 0.6) is 5.75 Å². The standard InChI is InChI=1S/C17H28N2O5S/c1-13(2)23-12-6-11-18-17(20)14(3)24-16-9-7-15(8-10-16)19(4)25(5,21)22/h7-10,13-14H,6,11-12H2,1-5H3,(H,18,20)/t14-/m1/s1. The van der Waals surface area contributed by atoms with E-state index in [1.807, 2.05) is 13.8 Å². The molecule has 0 aromatic heterocycles. The summed E-state index contributed by atoms with van der Waals surface area (Å²) in [4.78, 5) is 12.0. The Kier molecular flexibility index (Phi) is 8.18. The maximum atomic E-state index is 12.0. The number of carbonyl (C=O) groups is 1. The molecule has 8 heteroatoms. The van der Waals surface area contributed by atoms with Gasteiger partial charge in [-0.1, -0.05) is 0 Å². The third kappa shape index (κ3) is 7.74. The minimum atomic E-state index is -3.31. The Labute approximate surface area is 150 Å². The lowest BCUT2D eigenvalue weighted by molar-refractivity contribution is -0.127. The molecule has 25 heavy (non-hydrogen) atoms. The first kappa shape index (κ1) is 21.2. The molecular formula is C17H28N2O5S. The Hall–Kier alpha value is -1.80. The van der Waals surface area contributed by atoms with E-state index in [0.29, 0.717) is 24.6 Å². The fourth-order valence-corrected chi connectivity index (χ4v) is 2.43. The Morgan fingerprint density at radius 2 is 1.80 bits per heavy atom. The van der Waals surface area contributed by atoms with Crippen molar-refractivity contribution >= 4 is 21.6 Å². The molecule has 1 rings (SSSR count). The summed E-state index contributed by atoms with van der Waals surface area (Å²) in [5.41, 5.74) is 0.525. The molecule has 0 aliphatic heterocycles. The van der Waals surface area contributed by atoms with Gasteiger partial charge in [0.1, 0.15) is 5.75 Å². The molecule has 1 aromatic carbocycles.